The van der Waals surface area contributed by atoms with Gasteiger partial charge in [-0.15, -0.1) is 0 Å². The van der Waals surface area contributed by atoms with Crippen molar-refractivity contribution in [3.8, 4) is 0 Å². The van der Waals surface area contributed by atoms with Crippen LogP contribution in [0.3, 0.4) is 0 Å². The molecule has 16 heavy (non-hydrogen) atoms. The van der Waals surface area contributed by atoms with Crippen molar-refractivity contribution in [2.24, 2.45) is 0 Å². The molecule has 1 N–H and O–H groups in total. The highest BCUT2D eigenvalue weighted by atomic mass is 16.5. The van der Waals surface area contributed by atoms with E-state index in [1.165, 1.54) is 24.0 Å². The summed E-state index contributed by atoms with van der Waals surface area (Å²) in [6, 6.07) is 9.05. The Hall–Kier alpha value is -0.860. The number of aryl methyl sites for hydroxylation is 1. The highest BCUT2D eigenvalue weighted by molar-refractivity contribution is 5.26. The van der Waals surface area contributed by atoms with E-state index in [1.54, 1.807) is 0 Å². The lowest BCUT2D eigenvalue weighted by molar-refractivity contribution is 0.0808. The van der Waals surface area contributed by atoms with Gasteiger partial charge in [-0.05, 0) is 44.4 Å². The van der Waals surface area contributed by atoms with E-state index in [0.717, 1.165) is 13.0 Å². The lowest BCUT2D eigenvalue weighted by Gasteiger charge is -2.23. The van der Waals surface area contributed by atoms with Crippen LogP contribution in [0, 0.1) is 6.92 Å². The number of nitrogens with one attached hydrogen (secondary N) is 1. The molecule has 0 amide bonds. The minimum Gasteiger partial charge on any atom is -0.377 e. The maximum Gasteiger partial charge on any atom is 0.0732 e. The van der Waals surface area contributed by atoms with Crippen molar-refractivity contribution in [1.82, 2.24) is 5.32 Å². The maximum absolute atomic E-state index is 5.76. The van der Waals surface area contributed by atoms with Crippen LogP contribution in [0.4, 0.5) is 0 Å². The summed E-state index contributed by atoms with van der Waals surface area (Å²) in [6.45, 7) is 3.11. The smallest absolute Gasteiger partial charge is 0.0732 e. The highest BCUT2D eigenvalue weighted by Crippen LogP contribution is 2.19. The van der Waals surface area contributed by atoms with Crippen LogP contribution in [0.2, 0.25) is 0 Å². The number of rotatable bonds is 4. The van der Waals surface area contributed by atoms with Gasteiger partial charge in [0.15, 0.2) is 0 Å². The second-order valence-electron chi connectivity index (χ2n) is 4.58. The average molecular weight is 219 g/mol. The Morgan fingerprint density at radius 1 is 1.44 bits per heavy atom. The molecule has 1 heterocycles. The van der Waals surface area contributed by atoms with E-state index in [-0.39, 0.29) is 0 Å². The van der Waals surface area contributed by atoms with E-state index in [4.69, 9.17) is 4.74 Å². The Morgan fingerprint density at radius 2 is 2.25 bits per heavy atom. The van der Waals surface area contributed by atoms with Gasteiger partial charge in [0.25, 0.3) is 0 Å². The highest BCUT2D eigenvalue weighted by Gasteiger charge is 2.24. The summed E-state index contributed by atoms with van der Waals surface area (Å²) < 4.78 is 5.76. The summed E-state index contributed by atoms with van der Waals surface area (Å²) in [4.78, 5) is 0. The lowest BCUT2D eigenvalue weighted by Crippen LogP contribution is -2.39. The van der Waals surface area contributed by atoms with Gasteiger partial charge in [-0.1, -0.05) is 24.3 Å². The zero-order valence-corrected chi connectivity index (χ0v) is 10.2. The van der Waals surface area contributed by atoms with Gasteiger partial charge in [-0.25, -0.2) is 0 Å². The summed E-state index contributed by atoms with van der Waals surface area (Å²) in [5.41, 5.74) is 2.80. The van der Waals surface area contributed by atoms with Gasteiger partial charge in [-0.3, -0.25) is 0 Å². The first-order chi connectivity index (χ1) is 7.81. The number of hydrogen-bond donors (Lipinski definition) is 1. The van der Waals surface area contributed by atoms with Crippen molar-refractivity contribution in [2.75, 3.05) is 13.7 Å². The first kappa shape index (κ1) is 11.6. The fourth-order valence-electron chi connectivity index (χ4n) is 2.42. The maximum atomic E-state index is 5.76. The van der Waals surface area contributed by atoms with Crippen molar-refractivity contribution in [3.63, 3.8) is 0 Å². The summed E-state index contributed by atoms with van der Waals surface area (Å²) in [5.74, 6) is 0. The van der Waals surface area contributed by atoms with Gasteiger partial charge in [0, 0.05) is 12.6 Å². The molecule has 2 heteroatoms. The normalized spacial score (nSPS) is 22.2. The molecule has 0 aliphatic carbocycles. The summed E-state index contributed by atoms with van der Waals surface area (Å²) in [5, 5.41) is 3.39. The summed E-state index contributed by atoms with van der Waals surface area (Å²) in [6.07, 6.45) is 3.85. The molecule has 0 saturated carbocycles. The van der Waals surface area contributed by atoms with E-state index in [9.17, 15) is 0 Å². The molecule has 1 aliphatic heterocycles. The molecule has 2 atom stereocenters. The largest absolute Gasteiger partial charge is 0.377 e. The van der Waals surface area contributed by atoms with Crippen LogP contribution in [-0.2, 0) is 11.2 Å². The van der Waals surface area contributed by atoms with E-state index in [1.807, 2.05) is 7.05 Å². The number of benzene rings is 1. The van der Waals surface area contributed by atoms with Gasteiger partial charge >= 0.3 is 0 Å². The van der Waals surface area contributed by atoms with Crippen molar-refractivity contribution in [2.45, 2.75) is 38.3 Å². The third kappa shape index (κ3) is 2.63. The first-order valence-electron chi connectivity index (χ1n) is 6.14. The van der Waals surface area contributed by atoms with Crippen LogP contribution in [0.15, 0.2) is 24.3 Å². The van der Waals surface area contributed by atoms with Gasteiger partial charge in [-0.2, -0.15) is 0 Å². The van der Waals surface area contributed by atoms with E-state index in [2.05, 4.69) is 36.5 Å². The Labute approximate surface area is 98.0 Å². The second-order valence-corrected chi connectivity index (χ2v) is 4.58. The minimum absolute atomic E-state index is 0.393. The minimum atomic E-state index is 0.393. The van der Waals surface area contributed by atoms with Gasteiger partial charge in [0.1, 0.15) is 0 Å². The van der Waals surface area contributed by atoms with E-state index < -0.39 is 0 Å². The molecule has 1 saturated heterocycles. The van der Waals surface area contributed by atoms with Gasteiger partial charge < -0.3 is 10.1 Å². The van der Waals surface area contributed by atoms with Crippen molar-refractivity contribution in [1.29, 1.82) is 0 Å². The zero-order chi connectivity index (χ0) is 11.4. The third-order valence-corrected chi connectivity index (χ3v) is 3.49. The summed E-state index contributed by atoms with van der Waals surface area (Å²) >= 11 is 0. The topological polar surface area (TPSA) is 21.3 Å². The Bertz CT molecular complexity index is 331. The van der Waals surface area contributed by atoms with Crippen molar-refractivity contribution < 1.29 is 4.74 Å². The molecule has 1 aromatic rings. The fraction of sp³-hybridized carbons (Fsp3) is 0.571. The molecule has 0 unspecified atom stereocenters. The molecular weight excluding hydrogens is 198 g/mol. The second kappa shape index (κ2) is 5.46. The monoisotopic (exact) mass is 219 g/mol. The number of likely N-dealkylation sites (N-methyl/N-ethyl adjacent to an activating group) is 1. The molecule has 2 nitrogen and oxygen atoms in total. The molecule has 2 rings (SSSR count). The molecular formula is C14H21NO. The SMILES string of the molecule is CN[C@@H](Cc1ccccc1C)[C@H]1CCCO1. The van der Waals surface area contributed by atoms with Crippen LogP contribution in [0.1, 0.15) is 24.0 Å². The zero-order valence-electron chi connectivity index (χ0n) is 10.2. The molecule has 1 aromatic carbocycles. The lowest BCUT2D eigenvalue weighted by atomic mass is 9.97. The predicted molar refractivity (Wildman–Crippen MR) is 66.7 cm³/mol. The Balaban J connectivity index is 2.03. The van der Waals surface area contributed by atoms with Crippen molar-refractivity contribution in [3.05, 3.63) is 35.4 Å². The van der Waals surface area contributed by atoms with Crippen LogP contribution < -0.4 is 5.32 Å². The Kier molecular flexibility index (Phi) is 3.97. The molecule has 88 valence electrons. The Morgan fingerprint density at radius 3 is 2.88 bits per heavy atom. The van der Waals surface area contributed by atoms with Gasteiger partial charge in [0.05, 0.1) is 6.10 Å². The third-order valence-electron chi connectivity index (χ3n) is 3.49. The number of ether oxygens (including phenoxy) is 1. The van der Waals surface area contributed by atoms with Crippen LogP contribution >= 0.6 is 0 Å². The number of hydrogen-bond acceptors (Lipinski definition) is 2. The van der Waals surface area contributed by atoms with Crippen molar-refractivity contribution >= 4 is 0 Å². The van der Waals surface area contributed by atoms with Crippen LogP contribution in [0.5, 0.6) is 0 Å². The molecule has 0 bridgehead atoms. The quantitative estimate of drug-likeness (QED) is 0.839. The van der Waals surface area contributed by atoms with Crippen LogP contribution in [-0.4, -0.2) is 25.8 Å². The molecule has 1 fully saturated rings. The molecule has 0 aromatic heterocycles. The molecule has 0 radical (unpaired) electrons. The van der Waals surface area contributed by atoms with E-state index in [0.29, 0.717) is 12.1 Å². The standard InChI is InChI=1S/C14H21NO/c1-11-6-3-4-7-12(11)10-13(15-2)14-8-5-9-16-14/h3-4,6-7,13-15H,5,8-10H2,1-2H3/t13-,14+/m0/s1. The van der Waals surface area contributed by atoms with Gasteiger partial charge in [0.2, 0.25) is 0 Å². The fourth-order valence-corrected chi connectivity index (χ4v) is 2.42. The van der Waals surface area contributed by atoms with E-state index >= 15 is 0 Å². The molecule has 1 aliphatic rings. The summed E-state index contributed by atoms with van der Waals surface area (Å²) in [7, 11) is 2.03. The predicted octanol–water partition coefficient (Wildman–Crippen LogP) is 2.30. The van der Waals surface area contributed by atoms with Crippen LogP contribution in [0.25, 0.3) is 0 Å². The average Bonchev–Trinajstić information content (AvgIpc) is 2.81. The molecule has 0 spiro atoms. The first-order valence-corrected chi connectivity index (χ1v) is 6.14.